The van der Waals surface area contributed by atoms with Crippen molar-refractivity contribution in [2.45, 2.75) is 65.1 Å². The molecule has 0 aromatic carbocycles. The highest BCUT2D eigenvalue weighted by atomic mass is 16.3. The van der Waals surface area contributed by atoms with Crippen molar-refractivity contribution in [3.8, 4) is 0 Å². The van der Waals surface area contributed by atoms with Crippen LogP contribution in [0.15, 0.2) is 0 Å². The van der Waals surface area contributed by atoms with Gasteiger partial charge in [0.25, 0.3) is 0 Å². The van der Waals surface area contributed by atoms with Crippen LogP contribution >= 0.6 is 0 Å². The molecule has 3 heterocycles. The first-order valence-electron chi connectivity index (χ1n) is 10.4. The fraction of sp³-hybridized carbons (Fsp3) is 0.800. The molecule has 27 heavy (non-hydrogen) atoms. The van der Waals surface area contributed by atoms with Gasteiger partial charge < -0.3 is 20.2 Å². The van der Waals surface area contributed by atoms with E-state index >= 15 is 0 Å². The SMILES string of the molecule is CC(C)CN1CCCC[C@@H]1CCNC(=O)N1CCc2c(c(CO)nn2C)C1. The van der Waals surface area contributed by atoms with Crippen molar-refractivity contribution in [3.63, 3.8) is 0 Å². The summed E-state index contributed by atoms with van der Waals surface area (Å²) >= 11 is 0. The summed E-state index contributed by atoms with van der Waals surface area (Å²) in [5.74, 6) is 0.683. The van der Waals surface area contributed by atoms with Gasteiger partial charge in [0.05, 0.1) is 18.8 Å². The van der Waals surface area contributed by atoms with Gasteiger partial charge in [0.2, 0.25) is 0 Å². The van der Waals surface area contributed by atoms with Crippen molar-refractivity contribution < 1.29 is 9.90 Å². The number of likely N-dealkylation sites (tertiary alicyclic amines) is 1. The van der Waals surface area contributed by atoms with Crippen molar-refractivity contribution in [1.82, 2.24) is 24.9 Å². The largest absolute Gasteiger partial charge is 0.390 e. The quantitative estimate of drug-likeness (QED) is 0.794. The minimum absolute atomic E-state index is 0.000359. The molecule has 1 atom stereocenters. The Morgan fingerprint density at radius 2 is 2.15 bits per heavy atom. The highest BCUT2D eigenvalue weighted by Crippen LogP contribution is 2.23. The molecule has 1 aromatic heterocycles. The second-order valence-corrected chi connectivity index (χ2v) is 8.38. The van der Waals surface area contributed by atoms with Crippen LogP contribution < -0.4 is 5.32 Å². The Bertz CT molecular complexity index is 643. The van der Waals surface area contributed by atoms with Crippen molar-refractivity contribution in [2.24, 2.45) is 13.0 Å². The Balaban J connectivity index is 1.49. The van der Waals surface area contributed by atoms with Crippen molar-refractivity contribution in [1.29, 1.82) is 0 Å². The average molecular weight is 378 g/mol. The lowest BCUT2D eigenvalue weighted by Crippen LogP contribution is -2.46. The third-order valence-electron chi connectivity index (χ3n) is 5.87. The fourth-order valence-electron chi connectivity index (χ4n) is 4.52. The van der Waals surface area contributed by atoms with Crippen molar-refractivity contribution in [3.05, 3.63) is 17.0 Å². The average Bonchev–Trinajstić information content (AvgIpc) is 2.98. The molecule has 1 saturated heterocycles. The zero-order valence-corrected chi connectivity index (χ0v) is 17.1. The van der Waals surface area contributed by atoms with E-state index in [-0.39, 0.29) is 12.6 Å². The number of aryl methyl sites for hydroxylation is 1. The number of fused-ring (bicyclic) bond motifs is 1. The van der Waals surface area contributed by atoms with Crippen LogP contribution in [0.1, 0.15) is 56.5 Å². The van der Waals surface area contributed by atoms with Crippen LogP contribution in [0.3, 0.4) is 0 Å². The third kappa shape index (κ3) is 4.82. The second-order valence-electron chi connectivity index (χ2n) is 8.38. The molecule has 2 aliphatic rings. The van der Waals surface area contributed by atoms with E-state index in [2.05, 4.69) is 29.2 Å². The molecule has 1 aromatic rings. The van der Waals surface area contributed by atoms with Gasteiger partial charge in [-0.25, -0.2) is 4.79 Å². The molecule has 0 aliphatic carbocycles. The Morgan fingerprint density at radius 1 is 1.33 bits per heavy atom. The Kier molecular flexibility index (Phi) is 6.76. The lowest BCUT2D eigenvalue weighted by atomic mass is 9.98. The highest BCUT2D eigenvalue weighted by Gasteiger charge is 2.27. The summed E-state index contributed by atoms with van der Waals surface area (Å²) in [6, 6.07) is 0.591. The number of hydrogen-bond acceptors (Lipinski definition) is 4. The Hall–Kier alpha value is -1.60. The topological polar surface area (TPSA) is 73.6 Å². The summed E-state index contributed by atoms with van der Waals surface area (Å²) in [4.78, 5) is 17.1. The van der Waals surface area contributed by atoms with Crippen LogP contribution in [0.4, 0.5) is 4.79 Å². The van der Waals surface area contributed by atoms with Gasteiger partial charge in [-0.3, -0.25) is 4.68 Å². The van der Waals surface area contributed by atoms with Gasteiger partial charge in [0.1, 0.15) is 0 Å². The molecule has 3 rings (SSSR count). The zero-order chi connectivity index (χ0) is 19.4. The smallest absolute Gasteiger partial charge is 0.317 e. The number of rotatable bonds is 6. The molecule has 0 unspecified atom stereocenters. The molecular formula is C20H35N5O2. The van der Waals surface area contributed by atoms with Crippen LogP contribution in [-0.2, 0) is 26.6 Å². The van der Waals surface area contributed by atoms with Gasteiger partial charge in [-0.2, -0.15) is 5.10 Å². The summed E-state index contributed by atoms with van der Waals surface area (Å²) in [7, 11) is 1.90. The summed E-state index contributed by atoms with van der Waals surface area (Å²) in [6.07, 6.45) is 5.64. The second kappa shape index (κ2) is 9.06. The van der Waals surface area contributed by atoms with E-state index in [1.807, 2.05) is 16.6 Å². The van der Waals surface area contributed by atoms with Gasteiger partial charge >= 0.3 is 6.03 Å². The molecule has 2 N–H and O–H groups in total. The van der Waals surface area contributed by atoms with Crippen LogP contribution in [0, 0.1) is 5.92 Å². The number of carbonyl (C=O) groups excluding carboxylic acids is 1. The summed E-state index contributed by atoms with van der Waals surface area (Å²) in [5, 5.41) is 17.0. The van der Waals surface area contributed by atoms with E-state index in [4.69, 9.17) is 0 Å². The van der Waals surface area contributed by atoms with Gasteiger partial charge in [-0.1, -0.05) is 20.3 Å². The van der Waals surface area contributed by atoms with E-state index in [1.165, 1.54) is 25.8 Å². The maximum absolute atomic E-state index is 12.6. The lowest BCUT2D eigenvalue weighted by molar-refractivity contribution is 0.124. The summed E-state index contributed by atoms with van der Waals surface area (Å²) in [5.41, 5.74) is 2.84. The van der Waals surface area contributed by atoms with E-state index < -0.39 is 0 Å². The van der Waals surface area contributed by atoms with Crippen molar-refractivity contribution >= 4 is 6.03 Å². The maximum Gasteiger partial charge on any atom is 0.317 e. The van der Waals surface area contributed by atoms with Crippen LogP contribution in [-0.4, -0.2) is 62.9 Å². The molecule has 0 bridgehead atoms. The van der Waals surface area contributed by atoms with Crippen LogP contribution in [0.25, 0.3) is 0 Å². The number of aliphatic hydroxyl groups excluding tert-OH is 1. The number of aliphatic hydroxyl groups is 1. The molecule has 0 saturated carbocycles. The molecule has 7 nitrogen and oxygen atoms in total. The zero-order valence-electron chi connectivity index (χ0n) is 17.1. The highest BCUT2D eigenvalue weighted by molar-refractivity contribution is 5.74. The molecule has 2 aliphatic heterocycles. The normalized spacial score (nSPS) is 20.8. The van der Waals surface area contributed by atoms with Gasteiger partial charge in [-0.15, -0.1) is 0 Å². The number of nitrogens with zero attached hydrogens (tertiary/aromatic N) is 4. The number of amides is 2. The molecule has 0 spiro atoms. The standard InChI is InChI=1S/C20H35N5O2/c1-15(2)12-24-10-5-4-6-16(24)7-9-21-20(27)25-11-8-19-17(13-25)18(14-26)22-23(19)3/h15-16,26H,4-14H2,1-3H3,(H,21,27)/t16-/m1/s1. The minimum Gasteiger partial charge on any atom is -0.390 e. The monoisotopic (exact) mass is 377 g/mol. The van der Waals surface area contributed by atoms with Gasteiger partial charge in [0.15, 0.2) is 0 Å². The summed E-state index contributed by atoms with van der Waals surface area (Å²) < 4.78 is 1.84. The molecule has 0 radical (unpaired) electrons. The van der Waals surface area contributed by atoms with E-state index in [0.717, 1.165) is 37.2 Å². The van der Waals surface area contributed by atoms with Crippen molar-refractivity contribution in [2.75, 3.05) is 26.2 Å². The Labute approximate surface area is 162 Å². The Morgan fingerprint density at radius 3 is 2.89 bits per heavy atom. The lowest BCUT2D eigenvalue weighted by Gasteiger charge is -2.37. The first-order chi connectivity index (χ1) is 13.0. The molecule has 152 valence electrons. The molecular weight excluding hydrogens is 342 g/mol. The van der Waals surface area contributed by atoms with E-state index in [9.17, 15) is 9.90 Å². The third-order valence-corrected chi connectivity index (χ3v) is 5.87. The molecule has 2 amide bonds. The van der Waals surface area contributed by atoms with E-state index in [0.29, 0.717) is 30.7 Å². The maximum atomic E-state index is 12.6. The first kappa shape index (κ1) is 20.1. The number of urea groups is 1. The predicted molar refractivity (Wildman–Crippen MR) is 105 cm³/mol. The number of aromatic nitrogens is 2. The number of nitrogens with one attached hydrogen (secondary N) is 1. The number of hydrogen-bond donors (Lipinski definition) is 2. The van der Waals surface area contributed by atoms with Crippen LogP contribution in [0.5, 0.6) is 0 Å². The van der Waals surface area contributed by atoms with Gasteiger partial charge in [-0.05, 0) is 31.7 Å². The number of carbonyl (C=O) groups is 1. The van der Waals surface area contributed by atoms with E-state index in [1.54, 1.807) is 0 Å². The van der Waals surface area contributed by atoms with Crippen LogP contribution in [0.2, 0.25) is 0 Å². The predicted octanol–water partition coefficient (Wildman–Crippen LogP) is 1.88. The molecule has 1 fully saturated rings. The first-order valence-corrected chi connectivity index (χ1v) is 10.4. The fourth-order valence-corrected chi connectivity index (χ4v) is 4.52. The summed E-state index contributed by atoms with van der Waals surface area (Å²) in [6.45, 7) is 8.77. The molecule has 7 heteroatoms. The number of piperidine rings is 1. The minimum atomic E-state index is -0.0774. The van der Waals surface area contributed by atoms with Gasteiger partial charge in [0, 0.05) is 50.4 Å².